The number of pyridine rings is 1. The summed E-state index contributed by atoms with van der Waals surface area (Å²) in [5, 5.41) is 0.692. The van der Waals surface area contributed by atoms with Crippen molar-refractivity contribution in [2.45, 2.75) is 26.3 Å². The highest BCUT2D eigenvalue weighted by molar-refractivity contribution is 6.32. The van der Waals surface area contributed by atoms with Gasteiger partial charge < -0.3 is 19.4 Å². The van der Waals surface area contributed by atoms with Crippen LogP contribution in [0.4, 0.5) is 17.6 Å². The number of aryl methyl sites for hydroxylation is 1. The normalized spacial score (nSPS) is 18.9. The van der Waals surface area contributed by atoms with E-state index in [0.717, 1.165) is 68.0 Å². The zero-order valence-electron chi connectivity index (χ0n) is 19.8. The first-order valence-corrected chi connectivity index (χ1v) is 12.4. The van der Waals surface area contributed by atoms with Crippen LogP contribution in [-0.2, 0) is 11.2 Å². The molecule has 2 saturated heterocycles. The Morgan fingerprint density at radius 2 is 1.85 bits per heavy atom. The summed E-state index contributed by atoms with van der Waals surface area (Å²) < 4.78 is 5.56. The number of ether oxygens (including phenoxy) is 1. The molecule has 0 bridgehead atoms. The van der Waals surface area contributed by atoms with Crippen LogP contribution in [-0.4, -0.2) is 66.9 Å². The number of benzene rings is 1. The van der Waals surface area contributed by atoms with E-state index in [1.807, 2.05) is 12.1 Å². The second-order valence-electron chi connectivity index (χ2n) is 8.86. The van der Waals surface area contributed by atoms with Gasteiger partial charge in [0.1, 0.15) is 11.6 Å². The van der Waals surface area contributed by atoms with Gasteiger partial charge in [-0.2, -0.15) is 4.98 Å². The van der Waals surface area contributed by atoms with Gasteiger partial charge in [0.05, 0.1) is 23.9 Å². The fourth-order valence-corrected chi connectivity index (χ4v) is 4.91. The van der Waals surface area contributed by atoms with Crippen LogP contribution < -0.4 is 14.7 Å². The van der Waals surface area contributed by atoms with E-state index in [0.29, 0.717) is 18.2 Å². The van der Waals surface area contributed by atoms with E-state index >= 15 is 0 Å². The van der Waals surface area contributed by atoms with Crippen molar-refractivity contribution in [2.75, 3.05) is 60.6 Å². The molecule has 2 fully saturated rings. The third-order valence-corrected chi connectivity index (χ3v) is 6.88. The lowest BCUT2D eigenvalue weighted by Crippen LogP contribution is -2.53. The van der Waals surface area contributed by atoms with E-state index in [9.17, 15) is 0 Å². The molecule has 5 rings (SSSR count). The number of hydrogen-bond donors (Lipinski definition) is 0. The van der Waals surface area contributed by atoms with E-state index < -0.39 is 0 Å². The molecule has 0 aliphatic carbocycles. The van der Waals surface area contributed by atoms with Crippen molar-refractivity contribution in [2.24, 2.45) is 0 Å². The predicted molar refractivity (Wildman–Crippen MR) is 138 cm³/mol. The minimum Gasteiger partial charge on any atom is -0.378 e. The molecule has 0 amide bonds. The largest absolute Gasteiger partial charge is 0.378 e. The predicted octanol–water partition coefficient (Wildman–Crippen LogP) is 4.31. The molecule has 1 atom stereocenters. The first-order chi connectivity index (χ1) is 16.6. The first-order valence-electron chi connectivity index (χ1n) is 12.1. The van der Waals surface area contributed by atoms with Crippen molar-refractivity contribution >= 4 is 29.2 Å². The molecule has 2 aliphatic heterocycles. The fourth-order valence-electron chi connectivity index (χ4n) is 4.67. The van der Waals surface area contributed by atoms with E-state index in [1.165, 1.54) is 5.56 Å². The van der Waals surface area contributed by atoms with Crippen molar-refractivity contribution in [3.63, 3.8) is 0 Å². The highest BCUT2D eigenvalue weighted by atomic mass is 35.5. The second kappa shape index (κ2) is 10.2. The summed E-state index contributed by atoms with van der Waals surface area (Å²) in [5.41, 5.74) is 3.40. The average molecular weight is 479 g/mol. The number of aromatic nitrogens is 3. The van der Waals surface area contributed by atoms with Gasteiger partial charge in [-0.3, -0.25) is 0 Å². The molecular weight excluding hydrogens is 448 g/mol. The molecule has 4 heterocycles. The summed E-state index contributed by atoms with van der Waals surface area (Å²) in [6.45, 7) is 9.92. The van der Waals surface area contributed by atoms with Gasteiger partial charge in [-0.15, -0.1) is 0 Å². The number of rotatable bonds is 5. The van der Waals surface area contributed by atoms with Crippen LogP contribution in [0.2, 0.25) is 5.02 Å². The monoisotopic (exact) mass is 478 g/mol. The highest BCUT2D eigenvalue weighted by Crippen LogP contribution is 2.30. The SMILES string of the molecule is CCc1cccc(-c2cc(N3CCN(c4ncccc4Cl)C[C@H]3C)nc(N3CCOCC3)n2)c1. The summed E-state index contributed by atoms with van der Waals surface area (Å²) in [7, 11) is 0. The molecule has 3 aromatic rings. The summed E-state index contributed by atoms with van der Waals surface area (Å²) >= 11 is 6.42. The van der Waals surface area contributed by atoms with Crippen molar-refractivity contribution in [3.8, 4) is 11.3 Å². The molecule has 0 saturated carbocycles. The molecule has 0 radical (unpaired) electrons. The molecule has 2 aliphatic rings. The van der Waals surface area contributed by atoms with E-state index in [4.69, 9.17) is 26.3 Å². The van der Waals surface area contributed by atoms with Gasteiger partial charge in [0.15, 0.2) is 0 Å². The summed E-state index contributed by atoms with van der Waals surface area (Å²) in [4.78, 5) is 21.4. The van der Waals surface area contributed by atoms with Crippen LogP contribution in [0.25, 0.3) is 11.3 Å². The molecular formula is C26H31ClN6O. The van der Waals surface area contributed by atoms with Gasteiger partial charge in [0.2, 0.25) is 5.95 Å². The van der Waals surface area contributed by atoms with Crippen molar-refractivity contribution in [1.29, 1.82) is 0 Å². The Kier molecular flexibility index (Phi) is 6.83. The molecule has 0 unspecified atom stereocenters. The maximum atomic E-state index is 6.42. The van der Waals surface area contributed by atoms with Gasteiger partial charge in [0.25, 0.3) is 0 Å². The molecule has 34 heavy (non-hydrogen) atoms. The summed E-state index contributed by atoms with van der Waals surface area (Å²) in [6, 6.07) is 14.8. The van der Waals surface area contributed by atoms with Gasteiger partial charge in [-0.25, -0.2) is 9.97 Å². The number of morpholine rings is 1. The van der Waals surface area contributed by atoms with Crippen LogP contribution in [0.3, 0.4) is 0 Å². The number of anilines is 3. The van der Waals surface area contributed by atoms with E-state index in [2.05, 4.69) is 63.9 Å². The zero-order chi connectivity index (χ0) is 23.5. The van der Waals surface area contributed by atoms with Crippen molar-refractivity contribution in [1.82, 2.24) is 15.0 Å². The van der Waals surface area contributed by atoms with Gasteiger partial charge in [-0.1, -0.05) is 36.7 Å². The maximum absolute atomic E-state index is 6.42. The number of halogens is 1. The first kappa shape index (κ1) is 22.9. The Morgan fingerprint density at radius 3 is 2.62 bits per heavy atom. The Bertz CT molecular complexity index is 1140. The Morgan fingerprint density at radius 1 is 1.00 bits per heavy atom. The lowest BCUT2D eigenvalue weighted by molar-refractivity contribution is 0.122. The molecule has 2 aromatic heterocycles. The van der Waals surface area contributed by atoms with Crippen LogP contribution in [0.15, 0.2) is 48.7 Å². The van der Waals surface area contributed by atoms with Crippen molar-refractivity contribution < 1.29 is 4.74 Å². The third kappa shape index (κ3) is 4.81. The minimum atomic E-state index is 0.245. The van der Waals surface area contributed by atoms with Gasteiger partial charge in [0, 0.05) is 56.6 Å². The number of piperazine rings is 1. The van der Waals surface area contributed by atoms with Gasteiger partial charge in [-0.05, 0) is 37.1 Å². The van der Waals surface area contributed by atoms with Crippen molar-refractivity contribution in [3.05, 3.63) is 59.2 Å². The van der Waals surface area contributed by atoms with Gasteiger partial charge >= 0.3 is 0 Å². The van der Waals surface area contributed by atoms with Crippen LogP contribution in [0, 0.1) is 0 Å². The molecule has 1 aromatic carbocycles. The molecule has 7 nitrogen and oxygen atoms in total. The highest BCUT2D eigenvalue weighted by Gasteiger charge is 2.28. The quantitative estimate of drug-likeness (QED) is 0.541. The minimum absolute atomic E-state index is 0.245. The maximum Gasteiger partial charge on any atom is 0.228 e. The molecule has 0 spiro atoms. The zero-order valence-corrected chi connectivity index (χ0v) is 20.6. The molecule has 0 N–H and O–H groups in total. The molecule has 8 heteroatoms. The van der Waals surface area contributed by atoms with Crippen LogP contribution >= 0.6 is 11.6 Å². The van der Waals surface area contributed by atoms with Crippen LogP contribution in [0.1, 0.15) is 19.4 Å². The van der Waals surface area contributed by atoms with E-state index in [1.54, 1.807) is 6.20 Å². The summed E-state index contributed by atoms with van der Waals surface area (Å²) in [6.07, 6.45) is 2.80. The second-order valence-corrected chi connectivity index (χ2v) is 9.27. The number of hydrogen-bond acceptors (Lipinski definition) is 7. The average Bonchev–Trinajstić information content (AvgIpc) is 2.89. The summed E-state index contributed by atoms with van der Waals surface area (Å²) in [5.74, 6) is 2.59. The lowest BCUT2D eigenvalue weighted by Gasteiger charge is -2.41. The Hall–Kier alpha value is -2.90. The fraction of sp³-hybridized carbons (Fsp3) is 0.423. The van der Waals surface area contributed by atoms with Crippen LogP contribution in [0.5, 0.6) is 0 Å². The lowest BCUT2D eigenvalue weighted by atomic mass is 10.1. The molecule has 178 valence electrons. The standard InChI is InChI=1S/C26H31ClN6O/c1-3-20-6-4-7-21(16-20)23-17-24(30-26(29-23)31-12-14-34-15-13-31)33-11-10-32(18-19(33)2)25-22(27)8-5-9-28-25/h4-9,16-17,19H,3,10-15,18H2,1-2H3/t19-/m1/s1. The van der Waals surface area contributed by atoms with E-state index in [-0.39, 0.29) is 6.04 Å². The Labute approximate surface area is 206 Å². The topological polar surface area (TPSA) is 57.6 Å². The third-order valence-electron chi connectivity index (χ3n) is 6.59. The Balaban J connectivity index is 1.47. The smallest absolute Gasteiger partial charge is 0.228 e. The number of nitrogens with zero attached hydrogens (tertiary/aromatic N) is 6.